The van der Waals surface area contributed by atoms with Gasteiger partial charge in [0, 0.05) is 20.8 Å². The lowest BCUT2D eigenvalue weighted by molar-refractivity contribution is 0.102. The van der Waals surface area contributed by atoms with Gasteiger partial charge in [-0.3, -0.25) is 9.78 Å². The van der Waals surface area contributed by atoms with Gasteiger partial charge in [-0.2, -0.15) is 0 Å². The Morgan fingerprint density at radius 2 is 2.00 bits per heavy atom. The van der Waals surface area contributed by atoms with Crippen LogP contribution in [0.5, 0.6) is 0 Å². The number of anilines is 1. The summed E-state index contributed by atoms with van der Waals surface area (Å²) in [5, 5.41) is 2.83. The van der Waals surface area contributed by atoms with E-state index < -0.39 is 0 Å². The third-order valence-electron chi connectivity index (χ3n) is 2.35. The van der Waals surface area contributed by atoms with Crippen LogP contribution < -0.4 is 5.32 Å². The van der Waals surface area contributed by atoms with Crippen LogP contribution in [0.4, 0.5) is 5.69 Å². The minimum Gasteiger partial charge on any atom is -0.321 e. The van der Waals surface area contributed by atoms with Crippen LogP contribution in [0.2, 0.25) is 0 Å². The molecule has 0 radical (unpaired) electrons. The van der Waals surface area contributed by atoms with Gasteiger partial charge in [-0.25, -0.2) is 0 Å². The summed E-state index contributed by atoms with van der Waals surface area (Å²) in [4.78, 5) is 16.1. The summed E-state index contributed by atoms with van der Waals surface area (Å²) in [7, 11) is 0. The molecule has 0 aliphatic heterocycles. The number of nitrogens with zero attached hydrogens (tertiary/aromatic N) is 1. The van der Waals surface area contributed by atoms with Crippen molar-refractivity contribution in [3.63, 3.8) is 0 Å². The van der Waals surface area contributed by atoms with E-state index in [4.69, 9.17) is 0 Å². The molecule has 0 saturated carbocycles. The van der Waals surface area contributed by atoms with Gasteiger partial charge in [0.25, 0.3) is 5.91 Å². The van der Waals surface area contributed by atoms with Crippen molar-refractivity contribution in [1.82, 2.24) is 4.98 Å². The molecule has 2 aromatic rings. The Bertz CT molecular complexity index is 582. The number of amides is 1. The molecule has 0 aliphatic carbocycles. The molecule has 1 aromatic carbocycles. The lowest BCUT2D eigenvalue weighted by Crippen LogP contribution is -2.12. The molecule has 1 heterocycles. The van der Waals surface area contributed by atoms with Gasteiger partial charge in [-0.1, -0.05) is 15.9 Å². The molecule has 18 heavy (non-hydrogen) atoms. The van der Waals surface area contributed by atoms with E-state index in [1.165, 1.54) is 0 Å². The van der Waals surface area contributed by atoms with Crippen molar-refractivity contribution in [2.45, 2.75) is 6.92 Å². The third-order valence-corrected chi connectivity index (χ3v) is 3.53. The minimum atomic E-state index is -0.179. The molecule has 0 bridgehead atoms. The molecular weight excluding hydrogens is 360 g/mol. The lowest BCUT2D eigenvalue weighted by Gasteiger charge is -2.07. The number of nitrogens with one attached hydrogen (secondary N) is 1. The molecule has 92 valence electrons. The van der Waals surface area contributed by atoms with Crippen LogP contribution in [-0.4, -0.2) is 10.9 Å². The van der Waals surface area contributed by atoms with E-state index in [-0.39, 0.29) is 5.91 Å². The summed E-state index contributed by atoms with van der Waals surface area (Å²) >= 11 is 6.76. The molecule has 0 atom stereocenters. The van der Waals surface area contributed by atoms with E-state index in [9.17, 15) is 4.79 Å². The van der Waals surface area contributed by atoms with Gasteiger partial charge in [-0.15, -0.1) is 0 Å². The average molecular weight is 370 g/mol. The standard InChI is InChI=1S/C13H10Br2N2O/c1-8-2-3-9(7-16-8)13(18)17-12-6-10(14)4-5-11(12)15/h2-7H,1H3,(H,17,18). The van der Waals surface area contributed by atoms with Crippen LogP contribution in [0.1, 0.15) is 16.1 Å². The Morgan fingerprint density at radius 1 is 1.22 bits per heavy atom. The highest BCUT2D eigenvalue weighted by atomic mass is 79.9. The second-order valence-electron chi connectivity index (χ2n) is 3.77. The quantitative estimate of drug-likeness (QED) is 0.863. The zero-order chi connectivity index (χ0) is 13.1. The van der Waals surface area contributed by atoms with Crippen molar-refractivity contribution in [2.75, 3.05) is 5.32 Å². The molecule has 3 nitrogen and oxygen atoms in total. The predicted octanol–water partition coefficient (Wildman–Crippen LogP) is 4.17. The first-order chi connectivity index (χ1) is 8.56. The number of carbonyl (C=O) groups is 1. The summed E-state index contributed by atoms with van der Waals surface area (Å²) in [5.74, 6) is -0.179. The average Bonchev–Trinajstić information content (AvgIpc) is 2.34. The van der Waals surface area contributed by atoms with E-state index in [2.05, 4.69) is 42.2 Å². The SMILES string of the molecule is Cc1ccc(C(=O)Nc2cc(Br)ccc2Br)cn1. The van der Waals surface area contributed by atoms with Crippen molar-refractivity contribution >= 4 is 43.5 Å². The first-order valence-electron chi connectivity index (χ1n) is 5.25. The Morgan fingerprint density at radius 3 is 2.67 bits per heavy atom. The third kappa shape index (κ3) is 3.17. The van der Waals surface area contributed by atoms with Crippen molar-refractivity contribution < 1.29 is 4.79 Å². The minimum absolute atomic E-state index is 0.179. The normalized spacial score (nSPS) is 10.2. The topological polar surface area (TPSA) is 42.0 Å². The number of hydrogen-bond donors (Lipinski definition) is 1. The number of rotatable bonds is 2. The van der Waals surface area contributed by atoms with Gasteiger partial charge >= 0.3 is 0 Å². The number of carbonyl (C=O) groups excluding carboxylic acids is 1. The zero-order valence-electron chi connectivity index (χ0n) is 9.58. The Labute approximate surface area is 122 Å². The molecule has 0 spiro atoms. The van der Waals surface area contributed by atoms with Gasteiger partial charge in [-0.05, 0) is 53.2 Å². The second kappa shape index (κ2) is 5.63. The van der Waals surface area contributed by atoms with Crippen LogP contribution in [0, 0.1) is 6.92 Å². The molecule has 0 unspecified atom stereocenters. The highest BCUT2D eigenvalue weighted by Crippen LogP contribution is 2.26. The van der Waals surface area contributed by atoms with E-state index in [1.54, 1.807) is 12.3 Å². The Balaban J connectivity index is 2.21. The second-order valence-corrected chi connectivity index (χ2v) is 5.54. The maximum atomic E-state index is 12.0. The molecule has 1 N–H and O–H groups in total. The van der Waals surface area contributed by atoms with Crippen molar-refractivity contribution in [1.29, 1.82) is 0 Å². The number of benzene rings is 1. The molecule has 1 aromatic heterocycles. The summed E-state index contributed by atoms with van der Waals surface area (Å²) in [5.41, 5.74) is 2.14. The number of pyridine rings is 1. The fourth-order valence-corrected chi connectivity index (χ4v) is 2.10. The zero-order valence-corrected chi connectivity index (χ0v) is 12.7. The lowest BCUT2D eigenvalue weighted by atomic mass is 10.2. The van der Waals surface area contributed by atoms with Gasteiger partial charge in [0.05, 0.1) is 11.3 Å². The first kappa shape index (κ1) is 13.2. The predicted molar refractivity (Wildman–Crippen MR) is 78.8 cm³/mol. The Kier molecular flexibility index (Phi) is 4.14. The van der Waals surface area contributed by atoms with Crippen LogP contribution in [0.3, 0.4) is 0 Å². The van der Waals surface area contributed by atoms with Crippen LogP contribution in [0.15, 0.2) is 45.5 Å². The number of hydrogen-bond acceptors (Lipinski definition) is 2. The van der Waals surface area contributed by atoms with E-state index in [0.29, 0.717) is 5.56 Å². The van der Waals surface area contributed by atoms with Gasteiger partial charge < -0.3 is 5.32 Å². The smallest absolute Gasteiger partial charge is 0.257 e. The van der Waals surface area contributed by atoms with Gasteiger partial charge in [0.2, 0.25) is 0 Å². The number of aromatic nitrogens is 1. The van der Waals surface area contributed by atoms with Crippen LogP contribution >= 0.6 is 31.9 Å². The number of aryl methyl sites for hydroxylation is 1. The molecule has 5 heteroatoms. The Hall–Kier alpha value is -1.20. The molecular formula is C13H10Br2N2O. The van der Waals surface area contributed by atoms with Crippen LogP contribution in [0.25, 0.3) is 0 Å². The molecule has 0 fully saturated rings. The molecule has 2 rings (SSSR count). The maximum Gasteiger partial charge on any atom is 0.257 e. The van der Waals surface area contributed by atoms with E-state index >= 15 is 0 Å². The molecule has 0 aliphatic rings. The highest BCUT2D eigenvalue weighted by Gasteiger charge is 2.08. The van der Waals surface area contributed by atoms with E-state index in [0.717, 1.165) is 20.3 Å². The highest BCUT2D eigenvalue weighted by molar-refractivity contribution is 9.11. The first-order valence-corrected chi connectivity index (χ1v) is 6.84. The summed E-state index contributed by atoms with van der Waals surface area (Å²) in [6.45, 7) is 1.88. The largest absolute Gasteiger partial charge is 0.321 e. The molecule has 0 saturated heterocycles. The summed E-state index contributed by atoms with van der Waals surface area (Å²) in [6, 6.07) is 9.16. The van der Waals surface area contributed by atoms with Crippen molar-refractivity contribution in [3.05, 3.63) is 56.7 Å². The van der Waals surface area contributed by atoms with Gasteiger partial charge in [0.15, 0.2) is 0 Å². The summed E-state index contributed by atoms with van der Waals surface area (Å²) in [6.07, 6.45) is 1.57. The summed E-state index contributed by atoms with van der Waals surface area (Å²) < 4.78 is 1.74. The fourth-order valence-electron chi connectivity index (χ4n) is 1.39. The van der Waals surface area contributed by atoms with Gasteiger partial charge in [0.1, 0.15) is 0 Å². The molecule has 1 amide bonds. The van der Waals surface area contributed by atoms with E-state index in [1.807, 2.05) is 31.2 Å². The number of halogens is 2. The monoisotopic (exact) mass is 368 g/mol. The van der Waals surface area contributed by atoms with Crippen LogP contribution in [-0.2, 0) is 0 Å². The maximum absolute atomic E-state index is 12.0. The van der Waals surface area contributed by atoms with Crippen molar-refractivity contribution in [3.8, 4) is 0 Å². The fraction of sp³-hybridized carbons (Fsp3) is 0.0769. The van der Waals surface area contributed by atoms with Crippen molar-refractivity contribution in [2.24, 2.45) is 0 Å².